The van der Waals surface area contributed by atoms with E-state index in [1.165, 1.54) is 0 Å². The molecule has 0 radical (unpaired) electrons. The van der Waals surface area contributed by atoms with E-state index >= 15 is 0 Å². The molecule has 4 heteroatoms. The van der Waals surface area contributed by atoms with Crippen molar-refractivity contribution in [1.29, 1.82) is 0 Å². The smallest absolute Gasteiger partial charge is 0.236 e. The van der Waals surface area contributed by atoms with E-state index in [1.54, 1.807) is 4.90 Å². The molecule has 1 N–H and O–H groups in total. The summed E-state index contributed by atoms with van der Waals surface area (Å²) in [5.41, 5.74) is 0. The fraction of sp³-hybridized carbons (Fsp3) is 0.923. The zero-order valence-corrected chi connectivity index (χ0v) is 11.5. The third kappa shape index (κ3) is 3.96. The molecule has 1 rings (SSSR count). The van der Waals surface area contributed by atoms with E-state index in [0.29, 0.717) is 6.54 Å². The van der Waals surface area contributed by atoms with Crippen LogP contribution < -0.4 is 0 Å². The maximum absolute atomic E-state index is 12.0. The number of aliphatic hydroxyl groups is 1. The number of hydrogen-bond acceptors (Lipinski definition) is 3. The second-order valence-corrected chi connectivity index (χ2v) is 5.37. The van der Waals surface area contributed by atoms with Gasteiger partial charge in [-0.25, -0.2) is 0 Å². The largest absolute Gasteiger partial charge is 0.392 e. The average molecular weight is 242 g/mol. The summed E-state index contributed by atoms with van der Waals surface area (Å²) in [5.74, 6) is 0.146. The first-order valence-electron chi connectivity index (χ1n) is 6.61. The highest BCUT2D eigenvalue weighted by Crippen LogP contribution is 2.19. The van der Waals surface area contributed by atoms with Crippen LogP contribution in [-0.4, -0.2) is 59.1 Å². The van der Waals surface area contributed by atoms with Gasteiger partial charge in [-0.05, 0) is 40.2 Å². The topological polar surface area (TPSA) is 43.8 Å². The van der Waals surface area contributed by atoms with Crippen molar-refractivity contribution in [2.24, 2.45) is 0 Å². The minimum atomic E-state index is -0.354. The summed E-state index contributed by atoms with van der Waals surface area (Å²) in [6, 6.07) is 0.380. The van der Waals surface area contributed by atoms with Crippen LogP contribution in [0.2, 0.25) is 0 Å². The van der Waals surface area contributed by atoms with Crippen molar-refractivity contribution in [2.75, 3.05) is 20.1 Å². The highest BCUT2D eigenvalue weighted by Gasteiger charge is 2.28. The number of carbonyl (C=O) groups excluding carboxylic acids is 1. The average Bonchev–Trinajstić information content (AvgIpc) is 2.28. The molecule has 1 aliphatic rings. The van der Waals surface area contributed by atoms with Crippen LogP contribution in [0, 0.1) is 0 Å². The Bertz CT molecular complexity index is 254. The second kappa shape index (κ2) is 6.36. The first-order chi connectivity index (χ1) is 7.93. The molecule has 4 nitrogen and oxygen atoms in total. The number of nitrogens with zero attached hydrogens (tertiary/aromatic N) is 2. The number of carbonyl (C=O) groups is 1. The highest BCUT2D eigenvalue weighted by atomic mass is 16.3. The van der Waals surface area contributed by atoms with Gasteiger partial charge in [-0.2, -0.15) is 0 Å². The van der Waals surface area contributed by atoms with Gasteiger partial charge in [-0.1, -0.05) is 6.42 Å². The summed E-state index contributed by atoms with van der Waals surface area (Å²) in [6.07, 6.45) is 2.92. The number of likely N-dealkylation sites (tertiary alicyclic amines) is 1. The molecule has 0 unspecified atom stereocenters. The van der Waals surface area contributed by atoms with Crippen molar-refractivity contribution in [3.63, 3.8) is 0 Å². The number of amides is 1. The van der Waals surface area contributed by atoms with E-state index < -0.39 is 0 Å². The number of aliphatic hydroxyl groups excluding tert-OH is 1. The predicted octanol–water partition coefficient (Wildman–Crippen LogP) is 1.09. The molecule has 1 fully saturated rings. The lowest BCUT2D eigenvalue weighted by atomic mass is 9.98. The number of rotatable bonds is 4. The van der Waals surface area contributed by atoms with Gasteiger partial charge in [0.1, 0.15) is 0 Å². The van der Waals surface area contributed by atoms with Crippen LogP contribution in [-0.2, 0) is 4.79 Å². The molecule has 0 saturated carbocycles. The fourth-order valence-electron chi connectivity index (χ4n) is 2.33. The van der Waals surface area contributed by atoms with Gasteiger partial charge in [0, 0.05) is 19.1 Å². The third-order valence-electron chi connectivity index (χ3n) is 3.73. The third-order valence-corrected chi connectivity index (χ3v) is 3.73. The van der Waals surface area contributed by atoms with Crippen LogP contribution in [0.3, 0.4) is 0 Å². The lowest BCUT2D eigenvalue weighted by Crippen LogP contribution is -2.50. The summed E-state index contributed by atoms with van der Waals surface area (Å²) >= 11 is 0. The van der Waals surface area contributed by atoms with Gasteiger partial charge >= 0.3 is 0 Å². The van der Waals surface area contributed by atoms with Crippen LogP contribution in [0.15, 0.2) is 0 Å². The SMILES string of the molecule is CC(C)N(C)C(=O)CN1CCCC[C@H]1[C@@H](C)O. The standard InChI is InChI=1S/C13H26N2O2/c1-10(2)14(4)13(17)9-15-8-6-5-7-12(15)11(3)16/h10-12,16H,5-9H2,1-4H3/t11-,12+/m1/s1. The highest BCUT2D eigenvalue weighted by molar-refractivity contribution is 5.78. The second-order valence-electron chi connectivity index (χ2n) is 5.37. The molecule has 0 aromatic heterocycles. The summed E-state index contributed by atoms with van der Waals surface area (Å²) in [7, 11) is 1.84. The minimum Gasteiger partial charge on any atom is -0.392 e. The van der Waals surface area contributed by atoms with Crippen molar-refractivity contribution < 1.29 is 9.90 Å². The molecule has 17 heavy (non-hydrogen) atoms. The molecule has 100 valence electrons. The maximum atomic E-state index is 12.0. The Morgan fingerprint density at radius 2 is 2.06 bits per heavy atom. The Labute approximate surface area is 105 Å². The fourth-order valence-corrected chi connectivity index (χ4v) is 2.33. The Balaban J connectivity index is 2.56. The first kappa shape index (κ1) is 14.5. The number of likely N-dealkylation sites (N-methyl/N-ethyl adjacent to an activating group) is 1. The van der Waals surface area contributed by atoms with E-state index in [4.69, 9.17) is 0 Å². The van der Waals surface area contributed by atoms with Crippen LogP contribution in [0.25, 0.3) is 0 Å². The van der Waals surface area contributed by atoms with Crippen molar-refractivity contribution in [2.45, 2.75) is 58.2 Å². The normalized spacial score (nSPS) is 23.8. The Kier molecular flexibility index (Phi) is 5.40. The molecule has 0 bridgehead atoms. The van der Waals surface area contributed by atoms with Crippen molar-refractivity contribution >= 4 is 5.91 Å². The first-order valence-corrected chi connectivity index (χ1v) is 6.61. The van der Waals surface area contributed by atoms with Gasteiger partial charge in [0.05, 0.1) is 12.6 Å². The van der Waals surface area contributed by atoms with Crippen LogP contribution in [0.1, 0.15) is 40.0 Å². The number of hydrogen-bond donors (Lipinski definition) is 1. The monoisotopic (exact) mass is 242 g/mol. The molecule has 0 aliphatic carbocycles. The van der Waals surface area contributed by atoms with Crippen LogP contribution in [0.4, 0.5) is 0 Å². The Morgan fingerprint density at radius 3 is 2.59 bits per heavy atom. The van der Waals surface area contributed by atoms with Crippen molar-refractivity contribution in [1.82, 2.24) is 9.80 Å². The predicted molar refractivity (Wildman–Crippen MR) is 68.8 cm³/mol. The van der Waals surface area contributed by atoms with Gasteiger partial charge in [0.2, 0.25) is 5.91 Å². The van der Waals surface area contributed by atoms with Crippen LogP contribution in [0.5, 0.6) is 0 Å². The van der Waals surface area contributed by atoms with Gasteiger partial charge in [-0.3, -0.25) is 9.69 Å². The zero-order chi connectivity index (χ0) is 13.0. The summed E-state index contributed by atoms with van der Waals surface area (Å²) in [6.45, 7) is 7.21. The van der Waals surface area contributed by atoms with Gasteiger partial charge in [-0.15, -0.1) is 0 Å². The van der Waals surface area contributed by atoms with Crippen molar-refractivity contribution in [3.8, 4) is 0 Å². The molecular weight excluding hydrogens is 216 g/mol. The molecule has 1 heterocycles. The lowest BCUT2D eigenvalue weighted by molar-refractivity contribution is -0.134. The molecule has 2 atom stereocenters. The van der Waals surface area contributed by atoms with E-state index in [2.05, 4.69) is 4.90 Å². The van der Waals surface area contributed by atoms with E-state index in [-0.39, 0.29) is 24.1 Å². The summed E-state index contributed by atoms with van der Waals surface area (Å²) in [5, 5.41) is 9.74. The zero-order valence-electron chi connectivity index (χ0n) is 11.5. The summed E-state index contributed by atoms with van der Waals surface area (Å²) in [4.78, 5) is 15.9. The molecule has 0 spiro atoms. The van der Waals surface area contributed by atoms with E-state index in [9.17, 15) is 9.90 Å². The van der Waals surface area contributed by atoms with Gasteiger partial charge in [0.25, 0.3) is 0 Å². The molecule has 0 aromatic rings. The molecule has 0 aromatic carbocycles. The quantitative estimate of drug-likeness (QED) is 0.802. The Morgan fingerprint density at radius 1 is 1.41 bits per heavy atom. The minimum absolute atomic E-state index is 0.146. The maximum Gasteiger partial charge on any atom is 0.236 e. The van der Waals surface area contributed by atoms with Gasteiger partial charge < -0.3 is 10.0 Å². The van der Waals surface area contributed by atoms with Gasteiger partial charge in [0.15, 0.2) is 0 Å². The molecule has 1 amide bonds. The lowest BCUT2D eigenvalue weighted by Gasteiger charge is -2.38. The van der Waals surface area contributed by atoms with Crippen LogP contribution >= 0.6 is 0 Å². The molecule has 1 saturated heterocycles. The molecular formula is C13H26N2O2. The summed E-state index contributed by atoms with van der Waals surface area (Å²) < 4.78 is 0. The van der Waals surface area contributed by atoms with Crippen molar-refractivity contribution in [3.05, 3.63) is 0 Å². The molecule has 1 aliphatic heterocycles. The number of piperidine rings is 1. The van der Waals surface area contributed by atoms with E-state index in [0.717, 1.165) is 25.8 Å². The Hall–Kier alpha value is -0.610. The van der Waals surface area contributed by atoms with E-state index in [1.807, 2.05) is 27.8 Å².